The number of ketones is 3. The van der Waals surface area contributed by atoms with E-state index >= 15 is 0 Å². The van der Waals surface area contributed by atoms with E-state index in [1.165, 1.54) is 14.2 Å². The van der Waals surface area contributed by atoms with Gasteiger partial charge in [0, 0.05) is 108 Å². The molecule has 2 unspecified atom stereocenters. The molecule has 2 aliphatic rings. The summed E-state index contributed by atoms with van der Waals surface area (Å²) >= 11 is 0. The summed E-state index contributed by atoms with van der Waals surface area (Å²) in [6, 6.07) is 3.51. The summed E-state index contributed by atoms with van der Waals surface area (Å²) in [7, 11) is 8.52. The van der Waals surface area contributed by atoms with Crippen LogP contribution in [-0.4, -0.2) is 182 Å². The Bertz CT molecular complexity index is 3010. The molecule has 0 aromatic heterocycles. The van der Waals surface area contributed by atoms with Crippen LogP contribution in [0.15, 0.2) is 24.3 Å². The number of amides is 7. The lowest BCUT2D eigenvalue weighted by Gasteiger charge is -2.41. The van der Waals surface area contributed by atoms with Crippen molar-refractivity contribution in [3.8, 4) is 5.75 Å². The number of likely N-dealkylation sites (tertiary alicyclic amines) is 2. The van der Waals surface area contributed by atoms with Gasteiger partial charge in [0.05, 0.1) is 48.7 Å². The van der Waals surface area contributed by atoms with E-state index in [4.69, 9.17) is 19.9 Å². The van der Waals surface area contributed by atoms with Crippen LogP contribution in [0.5, 0.6) is 5.75 Å². The second kappa shape index (κ2) is 39.8. The van der Waals surface area contributed by atoms with E-state index in [0.29, 0.717) is 63.0 Å². The standard InChI is InChI=1S/C72H111F4N9O13/c1-17-43(8)66(83(14)70(93)51(40(2)3)37-55(88)65(42(6)7)82(12)13)56(96-15)38-59(91)85-33-19-22-52(85)67(97-16)45(10)53(86)28-29-57(89)79-39-47-24-26-50(27-25-47)80-69(92)48(21-18-31-78-72(77)95)36-54(87)64(41(4)5)81-58(90)23-20-32-84-34-30-49(35-44(84)9)71(94)98-68-61(74)46(11)60(73)62(75)63(68)76/h24-27,40-45,48-49,51-52,56,64-67H,17-23,28-39H2,1-16H3,(H,79,89)(H,80,92)(H,81,90)(H3,77,78,95)/t43-,44?,45-,48+,49?,51-,52-,56+,64-,65-,66-,67+/m0/s1. The molecule has 0 bridgehead atoms. The van der Waals surface area contributed by atoms with Gasteiger partial charge in [-0.15, -0.1) is 0 Å². The van der Waals surface area contributed by atoms with Crippen molar-refractivity contribution in [2.24, 2.45) is 53.1 Å². The number of nitrogens with two attached hydrogens (primary N) is 1. The summed E-state index contributed by atoms with van der Waals surface area (Å²) in [5.74, 6) is -15.0. The van der Waals surface area contributed by atoms with Crippen LogP contribution in [0.3, 0.4) is 0 Å². The minimum absolute atomic E-state index is 0.00642. The van der Waals surface area contributed by atoms with Crippen molar-refractivity contribution >= 4 is 64.6 Å². The van der Waals surface area contributed by atoms with Crippen LogP contribution in [0, 0.1) is 77.5 Å². The molecular formula is C72H111F4N9O13. The molecule has 0 radical (unpaired) electrons. The van der Waals surface area contributed by atoms with Crippen LogP contribution in [0.25, 0.3) is 0 Å². The minimum Gasteiger partial charge on any atom is -0.420 e. The number of halogens is 4. The second-order valence-electron chi connectivity index (χ2n) is 28.1. The average Bonchev–Trinajstić information content (AvgIpc) is 1.08. The van der Waals surface area contributed by atoms with E-state index in [9.17, 15) is 65.5 Å². The average molecular weight is 1390 g/mol. The van der Waals surface area contributed by atoms with E-state index < -0.39 is 112 Å². The van der Waals surface area contributed by atoms with E-state index in [-0.39, 0.29) is 142 Å². The molecule has 2 fully saturated rings. The Morgan fingerprint density at radius 3 is 1.96 bits per heavy atom. The van der Waals surface area contributed by atoms with Gasteiger partial charge in [-0.1, -0.05) is 80.9 Å². The summed E-state index contributed by atoms with van der Waals surface area (Å²) in [5.41, 5.74) is 5.53. The van der Waals surface area contributed by atoms with Gasteiger partial charge in [0.1, 0.15) is 5.78 Å². The predicted octanol–water partition coefficient (Wildman–Crippen LogP) is 8.84. The molecule has 6 N–H and O–H groups in total. The van der Waals surface area contributed by atoms with Gasteiger partial charge in [-0.3, -0.25) is 48.1 Å². The minimum atomic E-state index is -1.95. The van der Waals surface area contributed by atoms with E-state index in [1.54, 1.807) is 61.9 Å². The molecule has 2 aromatic carbocycles. The Balaban J connectivity index is 1.29. The fourth-order valence-corrected chi connectivity index (χ4v) is 13.8. The van der Waals surface area contributed by atoms with Gasteiger partial charge in [-0.05, 0) is 127 Å². The number of nitrogens with one attached hydrogen (secondary N) is 4. The fourth-order valence-electron chi connectivity index (χ4n) is 13.8. The molecule has 2 saturated heterocycles. The number of anilines is 1. The summed E-state index contributed by atoms with van der Waals surface area (Å²) in [5, 5.41) is 11.0. The maximum atomic E-state index is 14.6. The van der Waals surface area contributed by atoms with Crippen LogP contribution in [0.2, 0.25) is 0 Å². The first-order chi connectivity index (χ1) is 46.1. The zero-order chi connectivity index (χ0) is 73.6. The maximum Gasteiger partial charge on any atom is 0.314 e. The van der Waals surface area contributed by atoms with E-state index in [2.05, 4.69) is 21.3 Å². The van der Waals surface area contributed by atoms with Crippen LogP contribution in [0.4, 0.5) is 28.0 Å². The third-order valence-electron chi connectivity index (χ3n) is 19.7. The topological polar surface area (TPSA) is 285 Å². The smallest absolute Gasteiger partial charge is 0.314 e. The molecule has 22 nitrogen and oxygen atoms in total. The number of benzene rings is 2. The molecule has 12 atom stereocenters. The fraction of sp³-hybridized carbons (Fsp3) is 0.694. The Morgan fingerprint density at radius 1 is 0.724 bits per heavy atom. The largest absolute Gasteiger partial charge is 0.420 e. The lowest BCUT2D eigenvalue weighted by molar-refractivity contribution is -0.149. The maximum absolute atomic E-state index is 14.6. The Hall–Kier alpha value is -6.90. The molecule has 98 heavy (non-hydrogen) atoms. The molecule has 0 saturated carbocycles. The molecule has 0 spiro atoms. The third kappa shape index (κ3) is 23.6. The van der Waals surface area contributed by atoms with Crippen molar-refractivity contribution in [1.82, 2.24) is 35.6 Å². The zero-order valence-corrected chi connectivity index (χ0v) is 60.6. The number of hydrogen-bond donors (Lipinski definition) is 5. The summed E-state index contributed by atoms with van der Waals surface area (Å²) in [6.07, 6.45) is 1.62. The number of urea groups is 1. The number of Topliss-reactive ketones (excluding diaryl/α,β-unsaturated/α-hetero) is 3. The molecular weight excluding hydrogens is 1270 g/mol. The molecule has 550 valence electrons. The highest BCUT2D eigenvalue weighted by molar-refractivity contribution is 5.97. The molecule has 26 heteroatoms. The quantitative estimate of drug-likeness (QED) is 0.0104. The molecule has 2 heterocycles. The highest BCUT2D eigenvalue weighted by Gasteiger charge is 2.44. The van der Waals surface area contributed by atoms with Crippen molar-refractivity contribution in [3.05, 3.63) is 58.7 Å². The zero-order valence-electron chi connectivity index (χ0n) is 60.6. The van der Waals surface area contributed by atoms with Gasteiger partial charge in [0.2, 0.25) is 41.1 Å². The summed E-state index contributed by atoms with van der Waals surface area (Å²) in [6.45, 7) is 21.4. The number of hydrogen-bond acceptors (Lipinski definition) is 15. The second-order valence-corrected chi connectivity index (χ2v) is 28.1. The first-order valence-electron chi connectivity index (χ1n) is 34.7. The number of primary amides is 1. The Kier molecular flexibility index (Phi) is 33.9. The van der Waals surface area contributed by atoms with Gasteiger partial charge < -0.3 is 55.9 Å². The number of likely N-dealkylation sites (N-methyl/N-ethyl adjacent to an activating group) is 2. The van der Waals surface area contributed by atoms with E-state index in [0.717, 1.165) is 6.92 Å². The molecule has 2 aromatic rings. The van der Waals surface area contributed by atoms with Crippen molar-refractivity contribution in [2.45, 2.75) is 215 Å². The molecule has 7 amide bonds. The van der Waals surface area contributed by atoms with Crippen molar-refractivity contribution < 1.29 is 79.7 Å². The first-order valence-corrected chi connectivity index (χ1v) is 34.7. The normalized spacial score (nSPS) is 18.7. The predicted molar refractivity (Wildman–Crippen MR) is 364 cm³/mol. The van der Waals surface area contributed by atoms with Gasteiger partial charge >= 0.3 is 12.0 Å². The number of rotatable bonds is 40. The summed E-state index contributed by atoms with van der Waals surface area (Å²) in [4.78, 5) is 143. The van der Waals surface area contributed by atoms with Crippen LogP contribution >= 0.6 is 0 Å². The van der Waals surface area contributed by atoms with Crippen molar-refractivity contribution in [2.75, 3.05) is 66.9 Å². The lowest BCUT2D eigenvalue weighted by atomic mass is 9.83. The number of carbonyl (C=O) groups excluding carboxylic acids is 10. The van der Waals surface area contributed by atoms with Crippen LogP contribution in [0.1, 0.15) is 170 Å². The van der Waals surface area contributed by atoms with Crippen LogP contribution in [-0.2, 0) is 59.2 Å². The van der Waals surface area contributed by atoms with Gasteiger partial charge in [-0.2, -0.15) is 4.39 Å². The highest BCUT2D eigenvalue weighted by atomic mass is 19.2. The van der Waals surface area contributed by atoms with Gasteiger partial charge in [0.25, 0.3) is 0 Å². The lowest BCUT2D eigenvalue weighted by Crippen LogP contribution is -2.54. The molecule has 2 aliphatic heterocycles. The molecule has 0 aliphatic carbocycles. The number of methoxy groups -OCH3 is 2. The first kappa shape index (κ1) is 83.5. The van der Waals surface area contributed by atoms with Gasteiger partial charge in [-0.25, -0.2) is 18.0 Å². The van der Waals surface area contributed by atoms with Crippen molar-refractivity contribution in [1.29, 1.82) is 0 Å². The number of ether oxygens (including phenoxy) is 3. The Morgan fingerprint density at radius 2 is 1.39 bits per heavy atom. The number of carbonyl (C=O) groups is 10. The number of piperidine rings is 1. The monoisotopic (exact) mass is 1390 g/mol. The van der Waals surface area contributed by atoms with Gasteiger partial charge in [0.15, 0.2) is 29.0 Å². The molecule has 4 rings (SSSR count). The van der Waals surface area contributed by atoms with Crippen LogP contribution < -0.4 is 31.7 Å². The van der Waals surface area contributed by atoms with E-state index in [1.807, 2.05) is 72.4 Å². The summed E-state index contributed by atoms with van der Waals surface area (Å²) < 4.78 is 73.7. The third-order valence-corrected chi connectivity index (χ3v) is 19.7. The van der Waals surface area contributed by atoms with Crippen molar-refractivity contribution in [3.63, 3.8) is 0 Å². The number of nitrogens with zero attached hydrogens (tertiary/aromatic N) is 4. The number of esters is 1. The highest BCUT2D eigenvalue weighted by Crippen LogP contribution is 2.35. The SMILES string of the molecule is CC[C@H](C)[C@@H]([C@@H](CC(=O)N1CCC[C@H]1[C@H](OC)[C@@H](C)C(=O)CCC(=O)NCc1ccc(NC(=O)[C@H](CCCNC(N)=O)CC(=O)[C@@H](NC(=O)CCCN2CCC(C(=O)Oc3c(F)c(C)c(F)c(F)c3F)CC2C)C(C)C)cc1)OC)N(C)C(=O)[C@@H](CC(=O)[C@H](C(C)C)N(C)C)C(C)C. The Labute approximate surface area is 577 Å².